The van der Waals surface area contributed by atoms with Crippen molar-refractivity contribution in [3.8, 4) is 5.75 Å². The lowest BCUT2D eigenvalue weighted by atomic mass is 9.77. The van der Waals surface area contributed by atoms with Crippen LogP contribution in [-0.4, -0.2) is 77.4 Å². The fourth-order valence-corrected chi connectivity index (χ4v) is 4.59. The number of carbonyl (C=O) groups is 2. The molecule has 8 nitrogen and oxygen atoms in total. The maximum absolute atomic E-state index is 13.1. The van der Waals surface area contributed by atoms with Gasteiger partial charge >= 0.3 is 0 Å². The summed E-state index contributed by atoms with van der Waals surface area (Å²) in [6.07, 6.45) is 5.40. The van der Waals surface area contributed by atoms with Crippen molar-refractivity contribution in [3.05, 3.63) is 47.7 Å². The van der Waals surface area contributed by atoms with Crippen LogP contribution in [0.25, 0.3) is 0 Å². The Morgan fingerprint density at radius 2 is 1.97 bits per heavy atom. The molecule has 3 heterocycles. The second-order valence-electron chi connectivity index (χ2n) is 8.54. The third-order valence-electron chi connectivity index (χ3n) is 6.10. The number of ether oxygens (including phenoxy) is 2. The van der Waals surface area contributed by atoms with E-state index in [9.17, 15) is 9.59 Å². The highest BCUT2D eigenvalue weighted by molar-refractivity contribution is 6.30. The van der Waals surface area contributed by atoms with Gasteiger partial charge in [0.05, 0.1) is 19.8 Å². The summed E-state index contributed by atoms with van der Waals surface area (Å²) in [4.78, 5) is 29.8. The van der Waals surface area contributed by atoms with Crippen molar-refractivity contribution >= 4 is 23.4 Å². The van der Waals surface area contributed by atoms with Crippen LogP contribution in [0.1, 0.15) is 19.3 Å². The quantitative estimate of drug-likeness (QED) is 0.634. The second-order valence-corrected chi connectivity index (χ2v) is 8.97. The number of halogens is 1. The van der Waals surface area contributed by atoms with E-state index in [0.717, 1.165) is 12.8 Å². The molecule has 2 saturated heterocycles. The molecule has 1 aromatic heterocycles. The maximum Gasteiger partial charge on any atom is 0.244 e. The first-order valence-corrected chi connectivity index (χ1v) is 11.4. The predicted octanol–water partition coefficient (Wildman–Crippen LogP) is 2.47. The number of rotatable bonds is 7. The number of morpholine rings is 1. The molecule has 2 aliphatic rings. The molecule has 1 atom stereocenters. The number of hydrogen-bond donors (Lipinski definition) is 0. The molecular formula is C23H29ClN4O4. The highest BCUT2D eigenvalue weighted by atomic mass is 35.5. The van der Waals surface area contributed by atoms with Gasteiger partial charge < -0.3 is 19.3 Å². The normalized spacial score (nSPS) is 21.4. The SMILES string of the molecule is O=C(C[C@@]1(COc2cccc(Cl)c2)CCCN(C(=O)Cn2cccn2)C1)N1CCOCC1. The number of amides is 2. The summed E-state index contributed by atoms with van der Waals surface area (Å²) in [5.74, 6) is 0.749. The lowest BCUT2D eigenvalue weighted by Crippen LogP contribution is -2.52. The van der Waals surface area contributed by atoms with Crippen LogP contribution in [0.3, 0.4) is 0 Å². The van der Waals surface area contributed by atoms with Crippen LogP contribution in [0, 0.1) is 5.41 Å². The van der Waals surface area contributed by atoms with Gasteiger partial charge in [0.25, 0.3) is 0 Å². The van der Waals surface area contributed by atoms with Crippen LogP contribution in [0.4, 0.5) is 0 Å². The van der Waals surface area contributed by atoms with E-state index in [1.54, 1.807) is 35.3 Å². The minimum atomic E-state index is -0.463. The maximum atomic E-state index is 13.1. The van der Waals surface area contributed by atoms with Crippen molar-refractivity contribution in [1.29, 1.82) is 0 Å². The topological polar surface area (TPSA) is 76.9 Å². The molecule has 0 spiro atoms. The second kappa shape index (κ2) is 10.4. The number of nitrogens with zero attached hydrogens (tertiary/aromatic N) is 4. The molecule has 0 radical (unpaired) electrons. The number of piperidine rings is 1. The van der Waals surface area contributed by atoms with Crippen molar-refractivity contribution < 1.29 is 19.1 Å². The summed E-state index contributed by atoms with van der Waals surface area (Å²) in [7, 11) is 0. The molecule has 2 aliphatic heterocycles. The van der Waals surface area contributed by atoms with Crippen LogP contribution < -0.4 is 4.74 Å². The summed E-state index contributed by atoms with van der Waals surface area (Å²) < 4.78 is 13.1. The first kappa shape index (κ1) is 22.6. The molecule has 32 heavy (non-hydrogen) atoms. The lowest BCUT2D eigenvalue weighted by Gasteiger charge is -2.43. The van der Waals surface area contributed by atoms with Crippen molar-refractivity contribution in [2.45, 2.75) is 25.8 Å². The smallest absolute Gasteiger partial charge is 0.244 e. The average Bonchev–Trinajstić information content (AvgIpc) is 3.32. The zero-order valence-corrected chi connectivity index (χ0v) is 18.9. The third kappa shape index (κ3) is 5.81. The first-order chi connectivity index (χ1) is 15.5. The molecule has 172 valence electrons. The molecule has 2 aromatic rings. The van der Waals surface area contributed by atoms with Gasteiger partial charge in [-0.3, -0.25) is 14.3 Å². The highest BCUT2D eigenvalue weighted by Crippen LogP contribution is 2.36. The molecule has 0 saturated carbocycles. The molecule has 1 aromatic carbocycles. The fraction of sp³-hybridized carbons (Fsp3) is 0.522. The van der Waals surface area contributed by atoms with Gasteiger partial charge in [0.1, 0.15) is 12.3 Å². The Labute approximate surface area is 193 Å². The van der Waals surface area contributed by atoms with Gasteiger partial charge in [0.2, 0.25) is 11.8 Å². The number of aromatic nitrogens is 2. The summed E-state index contributed by atoms with van der Waals surface area (Å²) in [5, 5.41) is 4.74. The Morgan fingerprint density at radius 3 is 2.72 bits per heavy atom. The van der Waals surface area contributed by atoms with Gasteiger partial charge in [0, 0.05) is 55.4 Å². The monoisotopic (exact) mass is 460 g/mol. The molecule has 0 aliphatic carbocycles. The molecule has 2 amide bonds. The van der Waals surface area contributed by atoms with Gasteiger partial charge in [-0.1, -0.05) is 17.7 Å². The Bertz CT molecular complexity index is 916. The highest BCUT2D eigenvalue weighted by Gasteiger charge is 2.41. The van der Waals surface area contributed by atoms with E-state index in [-0.39, 0.29) is 18.4 Å². The van der Waals surface area contributed by atoms with E-state index in [1.165, 1.54) is 0 Å². The first-order valence-electron chi connectivity index (χ1n) is 11.0. The summed E-state index contributed by atoms with van der Waals surface area (Å²) in [6, 6.07) is 9.05. The molecule has 0 N–H and O–H groups in total. The van der Waals surface area contributed by atoms with E-state index in [1.807, 2.05) is 21.9 Å². The van der Waals surface area contributed by atoms with Crippen LogP contribution in [0.5, 0.6) is 5.75 Å². The molecular weight excluding hydrogens is 432 g/mol. The minimum absolute atomic E-state index is 0.000600. The van der Waals surface area contributed by atoms with Gasteiger partial charge in [-0.05, 0) is 37.1 Å². The lowest BCUT2D eigenvalue weighted by molar-refractivity contribution is -0.144. The average molecular weight is 461 g/mol. The van der Waals surface area contributed by atoms with E-state index < -0.39 is 5.41 Å². The van der Waals surface area contributed by atoms with Gasteiger partial charge in [0.15, 0.2) is 0 Å². The minimum Gasteiger partial charge on any atom is -0.493 e. The van der Waals surface area contributed by atoms with E-state index in [4.69, 9.17) is 21.1 Å². The van der Waals surface area contributed by atoms with Gasteiger partial charge in [-0.15, -0.1) is 0 Å². The number of hydrogen-bond acceptors (Lipinski definition) is 5. The molecule has 2 fully saturated rings. The zero-order chi connectivity index (χ0) is 22.4. The van der Waals surface area contributed by atoms with Crippen LogP contribution >= 0.6 is 11.6 Å². The number of benzene rings is 1. The van der Waals surface area contributed by atoms with Crippen LogP contribution in [0.2, 0.25) is 5.02 Å². The van der Waals surface area contributed by atoms with Crippen LogP contribution in [0.15, 0.2) is 42.7 Å². The van der Waals surface area contributed by atoms with Gasteiger partial charge in [-0.2, -0.15) is 5.10 Å². The summed E-state index contributed by atoms with van der Waals surface area (Å²) in [6.45, 7) is 4.01. The number of likely N-dealkylation sites (tertiary alicyclic amines) is 1. The molecule has 4 rings (SSSR count). The van der Waals surface area contributed by atoms with Crippen molar-refractivity contribution in [1.82, 2.24) is 19.6 Å². The molecule has 9 heteroatoms. The third-order valence-corrected chi connectivity index (χ3v) is 6.34. The van der Waals surface area contributed by atoms with E-state index >= 15 is 0 Å². The Kier molecular flexibility index (Phi) is 7.32. The summed E-state index contributed by atoms with van der Waals surface area (Å²) >= 11 is 6.11. The van der Waals surface area contributed by atoms with Crippen LogP contribution in [-0.2, 0) is 20.9 Å². The zero-order valence-electron chi connectivity index (χ0n) is 18.1. The van der Waals surface area contributed by atoms with E-state index in [0.29, 0.717) is 63.2 Å². The Hall–Kier alpha value is -2.58. The predicted molar refractivity (Wildman–Crippen MR) is 119 cm³/mol. The standard InChI is InChI=1S/C23H29ClN4O4/c24-19-4-1-5-20(14-19)32-18-23(15-21(29)26-10-12-31-13-11-26)6-2-8-27(17-23)22(30)16-28-9-3-7-25-28/h1,3-5,7,9,14H,2,6,8,10-13,15-18H2/t23-/m0/s1. The Balaban J connectivity index is 1.48. The molecule has 0 unspecified atom stereocenters. The van der Waals surface area contributed by atoms with E-state index in [2.05, 4.69) is 5.10 Å². The van der Waals surface area contributed by atoms with Crippen molar-refractivity contribution in [3.63, 3.8) is 0 Å². The Morgan fingerprint density at radius 1 is 1.12 bits per heavy atom. The summed E-state index contributed by atoms with van der Waals surface area (Å²) in [5.41, 5.74) is -0.463. The largest absolute Gasteiger partial charge is 0.493 e. The van der Waals surface area contributed by atoms with Crippen molar-refractivity contribution in [2.24, 2.45) is 5.41 Å². The fourth-order valence-electron chi connectivity index (χ4n) is 4.41. The van der Waals surface area contributed by atoms with Crippen molar-refractivity contribution in [2.75, 3.05) is 46.0 Å². The number of carbonyl (C=O) groups excluding carboxylic acids is 2. The molecule has 0 bridgehead atoms. The van der Waals surface area contributed by atoms with Gasteiger partial charge in [-0.25, -0.2) is 0 Å².